The number of anilines is 1. The Morgan fingerprint density at radius 2 is 2.07 bits per heavy atom. The predicted octanol–water partition coefficient (Wildman–Crippen LogP) is 1.55. The van der Waals surface area contributed by atoms with Crippen LogP contribution in [0.5, 0.6) is 0 Å². The fourth-order valence-corrected chi connectivity index (χ4v) is 1.45. The second-order valence-electron chi connectivity index (χ2n) is 3.79. The standard InChI is InChI=1S/C10H15N3O2/c1-7-4-5-9(13(14)15)10(11)8(7)6-12(2)3/h4-5H,6,11H2,1-3H3. The van der Waals surface area contributed by atoms with Crippen LogP contribution in [0.1, 0.15) is 11.1 Å². The second kappa shape index (κ2) is 4.27. The molecule has 0 spiro atoms. The summed E-state index contributed by atoms with van der Waals surface area (Å²) >= 11 is 0. The summed E-state index contributed by atoms with van der Waals surface area (Å²) in [6.45, 7) is 2.51. The highest BCUT2D eigenvalue weighted by molar-refractivity contribution is 5.65. The average molecular weight is 209 g/mol. The van der Waals surface area contributed by atoms with Crippen LogP contribution >= 0.6 is 0 Å². The number of rotatable bonds is 3. The molecule has 0 aromatic heterocycles. The molecule has 1 aromatic carbocycles. The van der Waals surface area contributed by atoms with Crippen molar-refractivity contribution in [2.45, 2.75) is 13.5 Å². The van der Waals surface area contributed by atoms with E-state index < -0.39 is 4.92 Å². The zero-order chi connectivity index (χ0) is 11.6. The first kappa shape index (κ1) is 11.5. The van der Waals surface area contributed by atoms with Gasteiger partial charge in [0.25, 0.3) is 5.69 Å². The van der Waals surface area contributed by atoms with Gasteiger partial charge in [-0.05, 0) is 32.1 Å². The largest absolute Gasteiger partial charge is 0.393 e. The number of nitro benzene ring substituents is 1. The van der Waals surface area contributed by atoms with Gasteiger partial charge in [0.15, 0.2) is 0 Å². The van der Waals surface area contributed by atoms with E-state index in [4.69, 9.17) is 5.73 Å². The highest BCUT2D eigenvalue weighted by Gasteiger charge is 2.16. The van der Waals surface area contributed by atoms with Gasteiger partial charge in [0.05, 0.1) is 4.92 Å². The van der Waals surface area contributed by atoms with Crippen LogP contribution in [0.2, 0.25) is 0 Å². The molecule has 0 aliphatic carbocycles. The van der Waals surface area contributed by atoms with Gasteiger partial charge in [-0.25, -0.2) is 0 Å². The monoisotopic (exact) mass is 209 g/mol. The van der Waals surface area contributed by atoms with Crippen molar-refractivity contribution in [3.8, 4) is 0 Å². The van der Waals surface area contributed by atoms with Gasteiger partial charge in [-0.2, -0.15) is 0 Å². The quantitative estimate of drug-likeness (QED) is 0.465. The maximum absolute atomic E-state index is 10.7. The molecule has 0 saturated carbocycles. The van der Waals surface area contributed by atoms with Crippen LogP contribution in [0.3, 0.4) is 0 Å². The number of aryl methyl sites for hydroxylation is 1. The molecule has 0 atom stereocenters. The van der Waals surface area contributed by atoms with Crippen LogP contribution in [-0.2, 0) is 6.54 Å². The minimum atomic E-state index is -0.450. The van der Waals surface area contributed by atoms with E-state index in [2.05, 4.69) is 0 Å². The van der Waals surface area contributed by atoms with E-state index in [0.29, 0.717) is 6.54 Å². The summed E-state index contributed by atoms with van der Waals surface area (Å²) < 4.78 is 0. The van der Waals surface area contributed by atoms with Gasteiger partial charge in [-0.1, -0.05) is 6.07 Å². The Balaban J connectivity index is 3.24. The fourth-order valence-electron chi connectivity index (χ4n) is 1.45. The van der Waals surface area contributed by atoms with Crippen LogP contribution in [-0.4, -0.2) is 23.9 Å². The first-order chi connectivity index (χ1) is 6.93. The highest BCUT2D eigenvalue weighted by atomic mass is 16.6. The number of nitrogens with two attached hydrogens (primary N) is 1. The molecule has 5 nitrogen and oxygen atoms in total. The third-order valence-corrected chi connectivity index (χ3v) is 2.24. The van der Waals surface area contributed by atoms with Gasteiger partial charge in [0, 0.05) is 12.6 Å². The Morgan fingerprint density at radius 3 is 2.53 bits per heavy atom. The third kappa shape index (κ3) is 2.44. The zero-order valence-electron chi connectivity index (χ0n) is 9.15. The van der Waals surface area contributed by atoms with E-state index in [0.717, 1.165) is 11.1 Å². The summed E-state index contributed by atoms with van der Waals surface area (Å²) in [5.41, 5.74) is 7.83. The molecular weight excluding hydrogens is 194 g/mol. The fraction of sp³-hybridized carbons (Fsp3) is 0.400. The molecule has 0 aliphatic heterocycles. The van der Waals surface area contributed by atoms with Crippen molar-refractivity contribution in [2.24, 2.45) is 0 Å². The summed E-state index contributed by atoms with van der Waals surface area (Å²) in [5, 5.41) is 10.7. The molecule has 5 heteroatoms. The van der Waals surface area contributed by atoms with Crippen molar-refractivity contribution >= 4 is 11.4 Å². The van der Waals surface area contributed by atoms with E-state index in [1.54, 1.807) is 6.07 Å². The summed E-state index contributed by atoms with van der Waals surface area (Å²) in [6, 6.07) is 3.18. The van der Waals surface area contributed by atoms with Gasteiger partial charge in [-0.15, -0.1) is 0 Å². The van der Waals surface area contributed by atoms with Crippen molar-refractivity contribution in [1.29, 1.82) is 0 Å². The van der Waals surface area contributed by atoms with Gasteiger partial charge in [-0.3, -0.25) is 10.1 Å². The molecule has 0 amide bonds. The molecule has 2 N–H and O–H groups in total. The predicted molar refractivity (Wildman–Crippen MR) is 59.6 cm³/mol. The topological polar surface area (TPSA) is 72.4 Å². The summed E-state index contributed by atoms with van der Waals surface area (Å²) in [4.78, 5) is 12.2. The Hall–Kier alpha value is -1.62. The number of nitrogens with zero attached hydrogens (tertiary/aromatic N) is 2. The van der Waals surface area contributed by atoms with Crippen LogP contribution in [0.4, 0.5) is 11.4 Å². The number of nitrogen functional groups attached to an aromatic ring is 1. The number of nitro groups is 1. The molecule has 0 aliphatic rings. The summed E-state index contributed by atoms with van der Waals surface area (Å²) in [7, 11) is 3.80. The Morgan fingerprint density at radius 1 is 1.47 bits per heavy atom. The van der Waals surface area contributed by atoms with Crippen molar-refractivity contribution in [2.75, 3.05) is 19.8 Å². The molecule has 1 aromatic rings. The SMILES string of the molecule is Cc1ccc([N+](=O)[O-])c(N)c1CN(C)C. The van der Waals surface area contributed by atoms with Gasteiger partial charge < -0.3 is 10.6 Å². The van der Waals surface area contributed by atoms with Gasteiger partial charge in [0.1, 0.15) is 5.69 Å². The Labute approximate surface area is 88.6 Å². The lowest BCUT2D eigenvalue weighted by Crippen LogP contribution is -2.14. The molecule has 0 saturated heterocycles. The molecule has 0 bridgehead atoms. The molecule has 1 rings (SSSR count). The molecular formula is C10H15N3O2. The molecule has 15 heavy (non-hydrogen) atoms. The van der Waals surface area contributed by atoms with Crippen molar-refractivity contribution < 1.29 is 4.92 Å². The Bertz CT molecular complexity index is 388. The Kier molecular flexibility index (Phi) is 3.26. The number of hydrogen-bond acceptors (Lipinski definition) is 4. The average Bonchev–Trinajstić information content (AvgIpc) is 2.11. The molecule has 0 heterocycles. The van der Waals surface area contributed by atoms with Crippen molar-refractivity contribution in [1.82, 2.24) is 4.90 Å². The zero-order valence-corrected chi connectivity index (χ0v) is 9.15. The van der Waals surface area contributed by atoms with Gasteiger partial charge in [0.2, 0.25) is 0 Å². The van der Waals surface area contributed by atoms with E-state index in [-0.39, 0.29) is 11.4 Å². The van der Waals surface area contributed by atoms with E-state index >= 15 is 0 Å². The third-order valence-electron chi connectivity index (χ3n) is 2.24. The van der Waals surface area contributed by atoms with E-state index in [1.165, 1.54) is 6.07 Å². The van der Waals surface area contributed by atoms with Crippen LogP contribution in [0.15, 0.2) is 12.1 Å². The first-order valence-corrected chi connectivity index (χ1v) is 4.60. The van der Waals surface area contributed by atoms with Gasteiger partial charge >= 0.3 is 0 Å². The van der Waals surface area contributed by atoms with Crippen LogP contribution in [0, 0.1) is 17.0 Å². The summed E-state index contributed by atoms with van der Waals surface area (Å²) in [6.07, 6.45) is 0. The lowest BCUT2D eigenvalue weighted by atomic mass is 10.0. The molecule has 0 fully saturated rings. The minimum Gasteiger partial charge on any atom is -0.393 e. The van der Waals surface area contributed by atoms with Crippen molar-refractivity contribution in [3.63, 3.8) is 0 Å². The maximum atomic E-state index is 10.7. The lowest BCUT2D eigenvalue weighted by Gasteiger charge is -2.14. The number of hydrogen-bond donors (Lipinski definition) is 1. The smallest absolute Gasteiger partial charge is 0.292 e. The van der Waals surface area contributed by atoms with E-state index in [1.807, 2.05) is 25.9 Å². The molecule has 82 valence electrons. The van der Waals surface area contributed by atoms with Crippen molar-refractivity contribution in [3.05, 3.63) is 33.4 Å². The maximum Gasteiger partial charge on any atom is 0.292 e. The minimum absolute atomic E-state index is 0.0162. The lowest BCUT2D eigenvalue weighted by molar-refractivity contribution is -0.384. The van der Waals surface area contributed by atoms with Crippen LogP contribution in [0.25, 0.3) is 0 Å². The first-order valence-electron chi connectivity index (χ1n) is 4.60. The highest BCUT2D eigenvalue weighted by Crippen LogP contribution is 2.28. The molecule has 0 radical (unpaired) electrons. The number of benzene rings is 1. The normalized spacial score (nSPS) is 10.7. The van der Waals surface area contributed by atoms with E-state index in [9.17, 15) is 10.1 Å². The van der Waals surface area contributed by atoms with Crippen LogP contribution < -0.4 is 5.73 Å². The second-order valence-corrected chi connectivity index (χ2v) is 3.79. The molecule has 0 unspecified atom stereocenters. The summed E-state index contributed by atoms with van der Waals surface area (Å²) in [5.74, 6) is 0.